The van der Waals surface area contributed by atoms with Gasteiger partial charge >= 0.3 is 5.97 Å². The van der Waals surface area contributed by atoms with Gasteiger partial charge in [-0.2, -0.15) is 0 Å². The van der Waals surface area contributed by atoms with E-state index in [0.717, 1.165) is 0 Å². The zero-order chi connectivity index (χ0) is 7.98. The van der Waals surface area contributed by atoms with Crippen molar-refractivity contribution >= 4 is 27.7 Å². The Morgan fingerprint density at radius 3 is 2.50 bits per heavy atom. The summed E-state index contributed by atoms with van der Waals surface area (Å²) in [5.41, 5.74) is 0. The van der Waals surface area contributed by atoms with E-state index in [2.05, 4.69) is 20.7 Å². The van der Waals surface area contributed by atoms with Gasteiger partial charge in [-0.3, -0.25) is 9.59 Å². The van der Waals surface area contributed by atoms with Crippen LogP contribution in [0.2, 0.25) is 0 Å². The van der Waals surface area contributed by atoms with Crippen molar-refractivity contribution in [2.24, 2.45) is 0 Å². The predicted octanol–water partition coefficient (Wildman–Crippen LogP) is 0.904. The van der Waals surface area contributed by atoms with Crippen LogP contribution in [0, 0.1) is 0 Å². The summed E-state index contributed by atoms with van der Waals surface area (Å²) < 4.78 is 4.60. The lowest BCUT2D eigenvalue weighted by molar-refractivity contribution is -0.145. The highest BCUT2D eigenvalue weighted by Gasteiger charge is 2.04. The van der Waals surface area contributed by atoms with Gasteiger partial charge in [-0.15, -0.1) is 0 Å². The van der Waals surface area contributed by atoms with Crippen molar-refractivity contribution in [3.63, 3.8) is 0 Å². The summed E-state index contributed by atoms with van der Waals surface area (Å²) in [6.45, 7) is 1.68. The predicted molar refractivity (Wildman–Crippen MR) is 40.1 cm³/mol. The van der Waals surface area contributed by atoms with E-state index >= 15 is 0 Å². The SMILES string of the molecule is CC(=O)CC(=O)OCCBr. The van der Waals surface area contributed by atoms with Gasteiger partial charge in [-0.05, 0) is 6.92 Å². The van der Waals surface area contributed by atoms with E-state index in [1.54, 1.807) is 0 Å². The molecule has 0 saturated carbocycles. The monoisotopic (exact) mass is 208 g/mol. The molecule has 0 saturated heterocycles. The molecule has 0 bridgehead atoms. The Morgan fingerprint density at radius 1 is 1.50 bits per heavy atom. The number of carbonyl (C=O) groups is 2. The van der Waals surface area contributed by atoms with Crippen LogP contribution in [0.4, 0.5) is 0 Å². The average molecular weight is 209 g/mol. The third-order valence-corrected chi connectivity index (χ3v) is 1.06. The second kappa shape index (κ2) is 5.41. The van der Waals surface area contributed by atoms with Crippen LogP contribution in [0.25, 0.3) is 0 Å². The minimum Gasteiger partial charge on any atom is -0.464 e. The van der Waals surface area contributed by atoms with Crippen molar-refractivity contribution < 1.29 is 14.3 Å². The molecule has 0 unspecified atom stereocenters. The number of hydrogen-bond donors (Lipinski definition) is 0. The third kappa shape index (κ3) is 5.75. The first kappa shape index (κ1) is 9.62. The summed E-state index contributed by atoms with van der Waals surface area (Å²) in [4.78, 5) is 20.9. The maximum Gasteiger partial charge on any atom is 0.313 e. The molecule has 4 heteroatoms. The first-order valence-electron chi connectivity index (χ1n) is 2.88. The fourth-order valence-electron chi connectivity index (χ4n) is 0.407. The Hall–Kier alpha value is -0.380. The highest BCUT2D eigenvalue weighted by Crippen LogP contribution is 1.89. The Kier molecular flexibility index (Phi) is 5.20. The molecule has 0 N–H and O–H groups in total. The summed E-state index contributed by atoms with van der Waals surface area (Å²) in [5, 5.41) is 0.608. The number of esters is 1. The molecule has 0 fully saturated rings. The number of ether oxygens (including phenoxy) is 1. The maximum atomic E-state index is 10.5. The summed E-state index contributed by atoms with van der Waals surface area (Å²) in [6.07, 6.45) is -0.118. The summed E-state index contributed by atoms with van der Waals surface area (Å²) >= 11 is 3.08. The second-order valence-corrected chi connectivity index (χ2v) is 2.58. The molecule has 10 heavy (non-hydrogen) atoms. The Morgan fingerprint density at radius 2 is 2.10 bits per heavy atom. The minimum atomic E-state index is -0.452. The summed E-state index contributed by atoms with van der Waals surface area (Å²) in [7, 11) is 0. The van der Waals surface area contributed by atoms with Crippen LogP contribution in [0.1, 0.15) is 13.3 Å². The minimum absolute atomic E-state index is 0.118. The van der Waals surface area contributed by atoms with Crippen LogP contribution >= 0.6 is 15.9 Å². The zero-order valence-electron chi connectivity index (χ0n) is 5.72. The average Bonchev–Trinajstić information content (AvgIpc) is 1.82. The number of Topliss-reactive ketones (excluding diaryl/α,β-unsaturated/α-hetero) is 1. The molecule has 3 nitrogen and oxygen atoms in total. The Balaban J connectivity index is 3.35. The molecular formula is C6H9BrO3. The molecule has 0 spiro atoms. The van der Waals surface area contributed by atoms with Gasteiger partial charge in [0.2, 0.25) is 0 Å². The van der Waals surface area contributed by atoms with Gasteiger partial charge in [0, 0.05) is 5.33 Å². The van der Waals surface area contributed by atoms with E-state index in [9.17, 15) is 9.59 Å². The fourth-order valence-corrected chi connectivity index (χ4v) is 0.569. The smallest absolute Gasteiger partial charge is 0.313 e. The van der Waals surface area contributed by atoms with Crippen molar-refractivity contribution in [2.45, 2.75) is 13.3 Å². The highest BCUT2D eigenvalue weighted by molar-refractivity contribution is 9.09. The molecule has 58 valence electrons. The van der Waals surface area contributed by atoms with Gasteiger partial charge in [0.25, 0.3) is 0 Å². The third-order valence-electron chi connectivity index (χ3n) is 0.733. The number of alkyl halides is 1. The van der Waals surface area contributed by atoms with E-state index in [4.69, 9.17) is 0 Å². The van der Waals surface area contributed by atoms with Crippen LogP contribution in [-0.4, -0.2) is 23.7 Å². The van der Waals surface area contributed by atoms with Crippen molar-refractivity contribution in [2.75, 3.05) is 11.9 Å². The Bertz CT molecular complexity index is 133. The number of rotatable bonds is 4. The van der Waals surface area contributed by atoms with E-state index < -0.39 is 5.97 Å². The number of hydrogen-bond acceptors (Lipinski definition) is 3. The highest BCUT2D eigenvalue weighted by atomic mass is 79.9. The first-order chi connectivity index (χ1) is 4.66. The van der Waals surface area contributed by atoms with E-state index in [1.165, 1.54) is 6.92 Å². The van der Waals surface area contributed by atoms with Gasteiger partial charge in [0.05, 0.1) is 0 Å². The van der Waals surface area contributed by atoms with Crippen LogP contribution in [0.5, 0.6) is 0 Å². The van der Waals surface area contributed by atoms with Crippen LogP contribution in [0.3, 0.4) is 0 Å². The van der Waals surface area contributed by atoms with E-state index in [0.29, 0.717) is 11.9 Å². The molecule has 0 amide bonds. The second-order valence-electron chi connectivity index (χ2n) is 1.79. The quantitative estimate of drug-likeness (QED) is 0.392. The largest absolute Gasteiger partial charge is 0.464 e. The Labute approximate surface area is 67.9 Å². The lowest BCUT2D eigenvalue weighted by Gasteiger charge is -1.98. The van der Waals surface area contributed by atoms with Crippen molar-refractivity contribution in [3.05, 3.63) is 0 Å². The number of carbonyl (C=O) groups excluding carboxylic acids is 2. The van der Waals surface area contributed by atoms with Crippen LogP contribution in [-0.2, 0) is 14.3 Å². The molecule has 0 aliphatic carbocycles. The van der Waals surface area contributed by atoms with Gasteiger partial charge in [0.1, 0.15) is 18.8 Å². The molecule has 0 atom stereocenters. The molecule has 0 aromatic rings. The fraction of sp³-hybridized carbons (Fsp3) is 0.667. The normalized spacial score (nSPS) is 9.00. The first-order valence-corrected chi connectivity index (χ1v) is 4.00. The van der Waals surface area contributed by atoms with Gasteiger partial charge in [-0.1, -0.05) is 15.9 Å². The summed E-state index contributed by atoms with van der Waals surface area (Å²) in [5.74, 6) is -0.619. The molecule has 0 radical (unpaired) electrons. The molecule has 0 aromatic carbocycles. The lowest BCUT2D eigenvalue weighted by atomic mass is 10.3. The molecule has 0 aromatic heterocycles. The standard InChI is InChI=1S/C6H9BrO3/c1-5(8)4-6(9)10-3-2-7/h2-4H2,1H3. The van der Waals surface area contributed by atoms with Crippen molar-refractivity contribution in [1.29, 1.82) is 0 Å². The van der Waals surface area contributed by atoms with E-state index in [1.807, 2.05) is 0 Å². The molecule has 0 heterocycles. The van der Waals surface area contributed by atoms with Gasteiger partial charge in [0.15, 0.2) is 0 Å². The van der Waals surface area contributed by atoms with Gasteiger partial charge < -0.3 is 4.74 Å². The molecule has 0 rings (SSSR count). The van der Waals surface area contributed by atoms with E-state index in [-0.39, 0.29) is 12.2 Å². The van der Waals surface area contributed by atoms with Crippen molar-refractivity contribution in [3.8, 4) is 0 Å². The zero-order valence-corrected chi connectivity index (χ0v) is 7.31. The summed E-state index contributed by atoms with van der Waals surface area (Å²) in [6, 6.07) is 0. The molecule has 0 aliphatic heterocycles. The van der Waals surface area contributed by atoms with Crippen molar-refractivity contribution in [1.82, 2.24) is 0 Å². The lowest BCUT2D eigenvalue weighted by Crippen LogP contribution is -2.09. The molecule has 0 aliphatic rings. The maximum absolute atomic E-state index is 10.5. The molecular weight excluding hydrogens is 200 g/mol. The number of ketones is 1. The topological polar surface area (TPSA) is 43.4 Å². The number of halogens is 1. The van der Waals surface area contributed by atoms with Crippen LogP contribution < -0.4 is 0 Å². The van der Waals surface area contributed by atoms with Gasteiger partial charge in [-0.25, -0.2) is 0 Å². The van der Waals surface area contributed by atoms with Crippen LogP contribution in [0.15, 0.2) is 0 Å².